The lowest BCUT2D eigenvalue weighted by atomic mass is 10.1. The van der Waals surface area contributed by atoms with Gasteiger partial charge in [0.2, 0.25) is 0 Å². The number of carbonyl (C=O) groups is 1. The fraction of sp³-hybridized carbons (Fsp3) is 0.250. The van der Waals surface area contributed by atoms with Gasteiger partial charge >= 0.3 is 0 Å². The molecule has 2 N–H and O–H groups in total. The standard InChI is InChI=1S/C8H10N2O/c1-5-3-4-10-8(9)7(5)6(2)11/h3-4H,1-2H3,(H2,9,10). The van der Waals surface area contributed by atoms with E-state index >= 15 is 0 Å². The van der Waals surface area contributed by atoms with Crippen LogP contribution >= 0.6 is 0 Å². The quantitative estimate of drug-likeness (QED) is 0.611. The number of rotatable bonds is 1. The molecule has 3 heteroatoms. The second-order valence-electron chi connectivity index (χ2n) is 2.44. The third-order valence-electron chi connectivity index (χ3n) is 1.54. The second kappa shape index (κ2) is 2.70. The molecule has 58 valence electrons. The van der Waals surface area contributed by atoms with Gasteiger partial charge in [0.15, 0.2) is 5.78 Å². The van der Waals surface area contributed by atoms with Crippen LogP contribution in [0.1, 0.15) is 22.8 Å². The number of aryl methyl sites for hydroxylation is 1. The van der Waals surface area contributed by atoms with Gasteiger partial charge in [-0.2, -0.15) is 0 Å². The maximum Gasteiger partial charge on any atom is 0.163 e. The van der Waals surface area contributed by atoms with Crippen LogP contribution in [0.15, 0.2) is 12.3 Å². The van der Waals surface area contributed by atoms with Crippen LogP contribution in [-0.4, -0.2) is 10.8 Å². The van der Waals surface area contributed by atoms with Crippen molar-refractivity contribution in [3.8, 4) is 0 Å². The number of carbonyl (C=O) groups excluding carboxylic acids is 1. The van der Waals surface area contributed by atoms with Gasteiger partial charge in [-0.05, 0) is 25.5 Å². The number of anilines is 1. The van der Waals surface area contributed by atoms with Gasteiger partial charge < -0.3 is 5.73 Å². The molecule has 11 heavy (non-hydrogen) atoms. The summed E-state index contributed by atoms with van der Waals surface area (Å²) in [6.07, 6.45) is 1.59. The lowest BCUT2D eigenvalue weighted by Crippen LogP contribution is -2.04. The Hall–Kier alpha value is -1.38. The van der Waals surface area contributed by atoms with Crippen molar-refractivity contribution in [2.75, 3.05) is 5.73 Å². The highest BCUT2D eigenvalue weighted by atomic mass is 16.1. The third kappa shape index (κ3) is 1.37. The molecule has 0 atom stereocenters. The molecule has 0 saturated carbocycles. The first-order valence-electron chi connectivity index (χ1n) is 3.35. The number of aromatic nitrogens is 1. The number of hydrogen-bond donors (Lipinski definition) is 1. The molecule has 0 aliphatic rings. The van der Waals surface area contributed by atoms with Gasteiger partial charge in [0, 0.05) is 6.20 Å². The Balaban J connectivity index is 3.32. The minimum atomic E-state index is -0.0342. The lowest BCUT2D eigenvalue weighted by Gasteiger charge is -2.02. The van der Waals surface area contributed by atoms with E-state index in [4.69, 9.17) is 5.73 Å². The van der Waals surface area contributed by atoms with Gasteiger partial charge in [-0.15, -0.1) is 0 Å². The van der Waals surface area contributed by atoms with Crippen LogP contribution in [0.25, 0.3) is 0 Å². The van der Waals surface area contributed by atoms with E-state index in [2.05, 4.69) is 4.98 Å². The number of nitrogens with zero attached hydrogens (tertiary/aromatic N) is 1. The van der Waals surface area contributed by atoms with Gasteiger partial charge in [-0.25, -0.2) is 4.98 Å². The molecule has 3 nitrogen and oxygen atoms in total. The predicted octanol–water partition coefficient (Wildman–Crippen LogP) is 1.17. The van der Waals surface area contributed by atoms with E-state index in [1.807, 2.05) is 6.92 Å². The Morgan fingerprint density at radius 3 is 2.64 bits per heavy atom. The molecule has 1 rings (SSSR count). The van der Waals surface area contributed by atoms with E-state index in [0.29, 0.717) is 11.4 Å². The summed E-state index contributed by atoms with van der Waals surface area (Å²) in [5.41, 5.74) is 6.90. The number of Topliss-reactive ketones (excluding diaryl/α,β-unsaturated/α-hetero) is 1. The van der Waals surface area contributed by atoms with E-state index < -0.39 is 0 Å². The highest BCUT2D eigenvalue weighted by molar-refractivity contribution is 5.99. The zero-order valence-electron chi connectivity index (χ0n) is 6.59. The average molecular weight is 150 g/mol. The fourth-order valence-electron chi connectivity index (χ4n) is 1.04. The molecule has 0 aliphatic heterocycles. The summed E-state index contributed by atoms with van der Waals surface area (Å²) >= 11 is 0. The van der Waals surface area contributed by atoms with E-state index in [1.54, 1.807) is 12.3 Å². The molecule has 1 aromatic heterocycles. The zero-order chi connectivity index (χ0) is 8.43. The van der Waals surface area contributed by atoms with Crippen molar-refractivity contribution < 1.29 is 4.79 Å². The van der Waals surface area contributed by atoms with Crippen molar-refractivity contribution in [2.24, 2.45) is 0 Å². The normalized spacial score (nSPS) is 9.64. The van der Waals surface area contributed by atoms with Crippen LogP contribution in [0.5, 0.6) is 0 Å². The molecular weight excluding hydrogens is 140 g/mol. The Labute approximate surface area is 65.2 Å². The molecule has 0 aromatic carbocycles. The number of ketones is 1. The van der Waals surface area contributed by atoms with Gasteiger partial charge in [-0.1, -0.05) is 0 Å². The number of pyridine rings is 1. The fourth-order valence-corrected chi connectivity index (χ4v) is 1.04. The van der Waals surface area contributed by atoms with Crippen LogP contribution in [0.3, 0.4) is 0 Å². The number of hydrogen-bond acceptors (Lipinski definition) is 3. The van der Waals surface area contributed by atoms with E-state index in [-0.39, 0.29) is 5.78 Å². The summed E-state index contributed by atoms with van der Waals surface area (Å²) in [4.78, 5) is 14.8. The molecule has 1 heterocycles. The van der Waals surface area contributed by atoms with Gasteiger partial charge in [0.1, 0.15) is 5.82 Å². The van der Waals surface area contributed by atoms with Crippen molar-refractivity contribution in [1.29, 1.82) is 0 Å². The molecule has 1 aromatic rings. The SMILES string of the molecule is CC(=O)c1c(C)ccnc1N. The van der Waals surface area contributed by atoms with Crippen LogP contribution in [0.4, 0.5) is 5.82 Å². The maximum absolute atomic E-state index is 11.0. The van der Waals surface area contributed by atoms with Gasteiger partial charge in [-0.3, -0.25) is 4.79 Å². The smallest absolute Gasteiger partial charge is 0.163 e. The average Bonchev–Trinajstić information content (AvgIpc) is 1.85. The van der Waals surface area contributed by atoms with E-state index in [9.17, 15) is 4.79 Å². The number of nitrogen functional groups attached to an aromatic ring is 1. The minimum Gasteiger partial charge on any atom is -0.383 e. The summed E-state index contributed by atoms with van der Waals surface area (Å²) in [6, 6.07) is 1.77. The van der Waals surface area contributed by atoms with Crippen LogP contribution in [0, 0.1) is 6.92 Å². The van der Waals surface area contributed by atoms with Crippen molar-refractivity contribution in [1.82, 2.24) is 4.98 Å². The topological polar surface area (TPSA) is 56.0 Å². The molecule has 0 unspecified atom stereocenters. The lowest BCUT2D eigenvalue weighted by molar-refractivity contribution is 0.101. The summed E-state index contributed by atoms with van der Waals surface area (Å²) in [6.45, 7) is 3.33. The van der Waals surface area contributed by atoms with E-state index in [0.717, 1.165) is 5.56 Å². The number of nitrogens with two attached hydrogens (primary N) is 1. The largest absolute Gasteiger partial charge is 0.383 e. The predicted molar refractivity (Wildman–Crippen MR) is 43.4 cm³/mol. The monoisotopic (exact) mass is 150 g/mol. The molecule has 0 spiro atoms. The minimum absolute atomic E-state index is 0.0342. The van der Waals surface area contributed by atoms with Crippen molar-refractivity contribution >= 4 is 11.6 Å². The van der Waals surface area contributed by atoms with Gasteiger partial charge in [0.25, 0.3) is 0 Å². The Bertz CT molecular complexity index is 274. The van der Waals surface area contributed by atoms with Gasteiger partial charge in [0.05, 0.1) is 5.56 Å². The first-order valence-corrected chi connectivity index (χ1v) is 3.35. The molecule has 0 aliphatic carbocycles. The van der Waals surface area contributed by atoms with Crippen molar-refractivity contribution in [3.63, 3.8) is 0 Å². The van der Waals surface area contributed by atoms with Crippen LogP contribution in [-0.2, 0) is 0 Å². The van der Waals surface area contributed by atoms with E-state index in [1.165, 1.54) is 6.92 Å². The summed E-state index contributed by atoms with van der Waals surface area (Å²) in [7, 11) is 0. The summed E-state index contributed by atoms with van der Waals surface area (Å²) < 4.78 is 0. The molecule has 0 bridgehead atoms. The summed E-state index contributed by atoms with van der Waals surface area (Å²) in [5, 5.41) is 0. The van der Waals surface area contributed by atoms with Crippen LogP contribution < -0.4 is 5.73 Å². The highest BCUT2D eigenvalue weighted by Gasteiger charge is 2.07. The molecule has 0 amide bonds. The van der Waals surface area contributed by atoms with Crippen molar-refractivity contribution in [3.05, 3.63) is 23.4 Å². The molecule has 0 fully saturated rings. The molecular formula is C8H10N2O. The molecule has 0 radical (unpaired) electrons. The van der Waals surface area contributed by atoms with Crippen LogP contribution in [0.2, 0.25) is 0 Å². The zero-order valence-corrected chi connectivity index (χ0v) is 6.59. The maximum atomic E-state index is 11.0. The second-order valence-corrected chi connectivity index (χ2v) is 2.44. The first-order chi connectivity index (χ1) is 5.13. The Kier molecular flexibility index (Phi) is 1.89. The summed E-state index contributed by atoms with van der Waals surface area (Å²) in [5.74, 6) is 0.283. The Morgan fingerprint density at radius 2 is 2.27 bits per heavy atom. The first kappa shape index (κ1) is 7.72. The Morgan fingerprint density at radius 1 is 1.64 bits per heavy atom. The third-order valence-corrected chi connectivity index (χ3v) is 1.54. The highest BCUT2D eigenvalue weighted by Crippen LogP contribution is 2.13. The molecule has 0 saturated heterocycles. The van der Waals surface area contributed by atoms with Crippen molar-refractivity contribution in [2.45, 2.75) is 13.8 Å².